The van der Waals surface area contributed by atoms with E-state index in [9.17, 15) is 0 Å². The van der Waals surface area contributed by atoms with Crippen LogP contribution in [0.5, 0.6) is 5.75 Å². The summed E-state index contributed by atoms with van der Waals surface area (Å²) >= 11 is 0. The van der Waals surface area contributed by atoms with Crippen LogP contribution in [0, 0.1) is 0 Å². The molecule has 0 saturated heterocycles. The minimum Gasteiger partial charge on any atom is -0.496 e. The first-order valence-electron chi connectivity index (χ1n) is 6.24. The Labute approximate surface area is 110 Å². The van der Waals surface area contributed by atoms with E-state index in [2.05, 4.69) is 18.0 Å². The third-order valence-electron chi connectivity index (χ3n) is 2.97. The molecule has 0 spiro atoms. The Hall–Kier alpha value is -1.26. The molecule has 2 N–H and O–H groups in total. The monoisotopic (exact) mass is 252 g/mol. The Bertz CT molecular complexity index is 367. The average molecular weight is 252 g/mol. The minimum absolute atomic E-state index is 0.0546. The standard InChI is InChI=1S/C14H24N2O2/c1-11(15)14-12(7-5-8-13(14)18-4)16(2)9-6-10-17-3/h5,7-8,11H,6,9-10,15H2,1-4H3. The molecule has 0 aliphatic heterocycles. The molecule has 18 heavy (non-hydrogen) atoms. The van der Waals surface area contributed by atoms with Crippen molar-refractivity contribution in [1.82, 2.24) is 0 Å². The van der Waals surface area contributed by atoms with Gasteiger partial charge < -0.3 is 20.1 Å². The van der Waals surface area contributed by atoms with Gasteiger partial charge in [-0.2, -0.15) is 0 Å². The van der Waals surface area contributed by atoms with Crippen molar-refractivity contribution in [2.75, 3.05) is 39.3 Å². The van der Waals surface area contributed by atoms with Gasteiger partial charge in [-0.15, -0.1) is 0 Å². The summed E-state index contributed by atoms with van der Waals surface area (Å²) in [6, 6.07) is 5.97. The fraction of sp³-hybridized carbons (Fsp3) is 0.571. The van der Waals surface area contributed by atoms with E-state index in [4.69, 9.17) is 15.2 Å². The fourth-order valence-corrected chi connectivity index (χ4v) is 2.07. The topological polar surface area (TPSA) is 47.7 Å². The fourth-order valence-electron chi connectivity index (χ4n) is 2.07. The lowest BCUT2D eigenvalue weighted by atomic mass is 10.0. The van der Waals surface area contributed by atoms with E-state index < -0.39 is 0 Å². The van der Waals surface area contributed by atoms with Crippen LogP contribution in [0.1, 0.15) is 24.9 Å². The second-order valence-electron chi connectivity index (χ2n) is 4.45. The van der Waals surface area contributed by atoms with Gasteiger partial charge in [0.15, 0.2) is 0 Å². The van der Waals surface area contributed by atoms with Crippen LogP contribution in [-0.4, -0.2) is 34.4 Å². The number of benzene rings is 1. The predicted octanol–water partition coefficient (Wildman–Crippen LogP) is 2.19. The highest BCUT2D eigenvalue weighted by Crippen LogP contribution is 2.33. The van der Waals surface area contributed by atoms with Crippen molar-refractivity contribution in [3.05, 3.63) is 23.8 Å². The number of anilines is 1. The van der Waals surface area contributed by atoms with E-state index in [-0.39, 0.29) is 6.04 Å². The highest BCUT2D eigenvalue weighted by Gasteiger charge is 2.15. The average Bonchev–Trinajstić information content (AvgIpc) is 2.37. The summed E-state index contributed by atoms with van der Waals surface area (Å²) in [4.78, 5) is 2.19. The molecule has 4 heteroatoms. The van der Waals surface area contributed by atoms with Crippen LogP contribution in [0.2, 0.25) is 0 Å². The summed E-state index contributed by atoms with van der Waals surface area (Å²) in [6.07, 6.45) is 0.989. The zero-order valence-electron chi connectivity index (χ0n) is 11.8. The Morgan fingerprint density at radius 1 is 1.33 bits per heavy atom. The molecule has 1 atom stereocenters. The normalized spacial score (nSPS) is 12.3. The molecule has 1 unspecified atom stereocenters. The van der Waals surface area contributed by atoms with Crippen LogP contribution >= 0.6 is 0 Å². The molecular weight excluding hydrogens is 228 g/mol. The number of rotatable bonds is 7. The van der Waals surface area contributed by atoms with E-state index in [1.807, 2.05) is 19.1 Å². The Kier molecular flexibility index (Phi) is 5.95. The Balaban J connectivity index is 2.92. The van der Waals surface area contributed by atoms with Gasteiger partial charge in [-0.3, -0.25) is 0 Å². The van der Waals surface area contributed by atoms with Gasteiger partial charge in [0.25, 0.3) is 0 Å². The molecule has 0 heterocycles. The summed E-state index contributed by atoms with van der Waals surface area (Å²) in [7, 11) is 5.46. The van der Waals surface area contributed by atoms with Crippen molar-refractivity contribution >= 4 is 5.69 Å². The first-order valence-corrected chi connectivity index (χ1v) is 6.24. The number of nitrogens with two attached hydrogens (primary N) is 1. The van der Waals surface area contributed by atoms with E-state index in [0.717, 1.165) is 36.6 Å². The van der Waals surface area contributed by atoms with E-state index in [1.165, 1.54) is 0 Å². The smallest absolute Gasteiger partial charge is 0.125 e. The van der Waals surface area contributed by atoms with E-state index in [1.54, 1.807) is 14.2 Å². The molecule has 0 amide bonds. The zero-order chi connectivity index (χ0) is 13.5. The van der Waals surface area contributed by atoms with Crippen LogP contribution in [0.15, 0.2) is 18.2 Å². The SMILES string of the molecule is COCCCN(C)c1cccc(OC)c1C(C)N. The van der Waals surface area contributed by atoms with Crippen LogP contribution in [-0.2, 0) is 4.74 Å². The first-order chi connectivity index (χ1) is 8.61. The summed E-state index contributed by atoms with van der Waals surface area (Å²) in [6.45, 7) is 3.67. The molecule has 1 aromatic carbocycles. The molecule has 0 fully saturated rings. The van der Waals surface area contributed by atoms with Crippen LogP contribution in [0.3, 0.4) is 0 Å². The van der Waals surface area contributed by atoms with Crippen LogP contribution in [0.4, 0.5) is 5.69 Å². The second-order valence-corrected chi connectivity index (χ2v) is 4.45. The summed E-state index contributed by atoms with van der Waals surface area (Å²) in [5.74, 6) is 0.848. The summed E-state index contributed by atoms with van der Waals surface area (Å²) < 4.78 is 10.5. The maximum Gasteiger partial charge on any atom is 0.125 e. The first kappa shape index (κ1) is 14.8. The lowest BCUT2D eigenvalue weighted by molar-refractivity contribution is 0.196. The van der Waals surface area contributed by atoms with Crippen molar-refractivity contribution in [3.63, 3.8) is 0 Å². The van der Waals surface area contributed by atoms with Gasteiger partial charge in [-0.1, -0.05) is 6.07 Å². The molecule has 0 aromatic heterocycles. The third-order valence-corrected chi connectivity index (χ3v) is 2.97. The zero-order valence-corrected chi connectivity index (χ0v) is 11.8. The molecule has 0 saturated carbocycles. The van der Waals surface area contributed by atoms with Gasteiger partial charge in [-0.05, 0) is 25.5 Å². The van der Waals surface area contributed by atoms with Crippen LogP contribution in [0.25, 0.3) is 0 Å². The quantitative estimate of drug-likeness (QED) is 0.756. The maximum atomic E-state index is 6.05. The van der Waals surface area contributed by atoms with Crippen molar-refractivity contribution in [3.8, 4) is 5.75 Å². The highest BCUT2D eigenvalue weighted by molar-refractivity contribution is 5.60. The van der Waals surface area contributed by atoms with E-state index in [0.29, 0.717) is 0 Å². The molecule has 1 aromatic rings. The molecule has 4 nitrogen and oxygen atoms in total. The third kappa shape index (κ3) is 3.62. The molecule has 0 radical (unpaired) electrons. The van der Waals surface area contributed by atoms with Crippen molar-refractivity contribution in [1.29, 1.82) is 0 Å². The van der Waals surface area contributed by atoms with Crippen molar-refractivity contribution in [2.45, 2.75) is 19.4 Å². The predicted molar refractivity (Wildman–Crippen MR) is 75.4 cm³/mol. The largest absolute Gasteiger partial charge is 0.496 e. The lowest BCUT2D eigenvalue weighted by Crippen LogP contribution is -2.23. The molecular formula is C14H24N2O2. The summed E-state index contributed by atoms with van der Waals surface area (Å²) in [5.41, 5.74) is 8.23. The number of hydrogen-bond acceptors (Lipinski definition) is 4. The second kappa shape index (κ2) is 7.24. The molecule has 1 rings (SSSR count). The van der Waals surface area contributed by atoms with Gasteiger partial charge in [0, 0.05) is 44.6 Å². The number of ether oxygens (including phenoxy) is 2. The van der Waals surface area contributed by atoms with Gasteiger partial charge in [0.05, 0.1) is 7.11 Å². The number of hydrogen-bond donors (Lipinski definition) is 1. The number of nitrogens with zero attached hydrogens (tertiary/aromatic N) is 1. The molecule has 102 valence electrons. The lowest BCUT2D eigenvalue weighted by Gasteiger charge is -2.25. The van der Waals surface area contributed by atoms with Crippen molar-refractivity contribution < 1.29 is 9.47 Å². The van der Waals surface area contributed by atoms with E-state index >= 15 is 0 Å². The Morgan fingerprint density at radius 2 is 2.06 bits per heavy atom. The maximum absolute atomic E-state index is 6.05. The molecule has 0 aliphatic carbocycles. The highest BCUT2D eigenvalue weighted by atomic mass is 16.5. The molecule has 0 aliphatic rings. The van der Waals surface area contributed by atoms with Gasteiger partial charge >= 0.3 is 0 Å². The van der Waals surface area contributed by atoms with Gasteiger partial charge in [0.1, 0.15) is 5.75 Å². The van der Waals surface area contributed by atoms with Gasteiger partial charge in [-0.25, -0.2) is 0 Å². The molecule has 0 bridgehead atoms. The summed E-state index contributed by atoms with van der Waals surface area (Å²) in [5, 5.41) is 0. The van der Waals surface area contributed by atoms with Gasteiger partial charge in [0.2, 0.25) is 0 Å². The van der Waals surface area contributed by atoms with Crippen LogP contribution < -0.4 is 15.4 Å². The number of methoxy groups -OCH3 is 2. The minimum atomic E-state index is -0.0546. The van der Waals surface area contributed by atoms with Crippen molar-refractivity contribution in [2.24, 2.45) is 5.73 Å². The Morgan fingerprint density at radius 3 is 2.61 bits per heavy atom.